The third-order valence-electron chi connectivity index (χ3n) is 4.57. The van der Waals surface area contributed by atoms with Crippen LogP contribution < -0.4 is 14.2 Å². The maximum atomic E-state index is 12.9. The molecule has 0 spiro atoms. The van der Waals surface area contributed by atoms with Crippen LogP contribution in [0, 0.1) is 12.8 Å². The van der Waals surface area contributed by atoms with E-state index >= 15 is 0 Å². The molecule has 0 bridgehead atoms. The second-order valence-corrected chi connectivity index (χ2v) is 7.40. The molecule has 3 rings (SSSR count). The predicted molar refractivity (Wildman–Crippen MR) is 108 cm³/mol. The predicted octanol–water partition coefficient (Wildman–Crippen LogP) is 5.09. The van der Waals surface area contributed by atoms with Gasteiger partial charge in [-0.05, 0) is 49.6 Å². The molecule has 0 radical (unpaired) electrons. The Kier molecular flexibility index (Phi) is 6.11. The number of rotatable bonds is 6. The van der Waals surface area contributed by atoms with E-state index in [-0.39, 0.29) is 35.4 Å². The fourth-order valence-corrected chi connectivity index (χ4v) is 3.35. The first kappa shape index (κ1) is 20.7. The fraction of sp³-hybridized carbons (Fsp3) is 0.391. The molecule has 154 valence electrons. The van der Waals surface area contributed by atoms with E-state index in [4.69, 9.17) is 18.9 Å². The van der Waals surface area contributed by atoms with E-state index < -0.39 is 5.97 Å². The van der Waals surface area contributed by atoms with Crippen LogP contribution in [0.25, 0.3) is 0 Å². The maximum Gasteiger partial charge on any atom is 0.346 e. The first-order valence-corrected chi connectivity index (χ1v) is 9.71. The highest BCUT2D eigenvalue weighted by molar-refractivity contribution is 6.05. The molecule has 0 atom stereocenters. The van der Waals surface area contributed by atoms with E-state index in [1.807, 2.05) is 32.9 Å². The largest absolute Gasteiger partial charge is 0.493 e. The third kappa shape index (κ3) is 4.21. The van der Waals surface area contributed by atoms with E-state index in [2.05, 4.69) is 0 Å². The van der Waals surface area contributed by atoms with Crippen molar-refractivity contribution in [2.24, 2.45) is 5.92 Å². The number of esters is 1. The van der Waals surface area contributed by atoms with Crippen LogP contribution in [0.2, 0.25) is 0 Å². The summed E-state index contributed by atoms with van der Waals surface area (Å²) < 4.78 is 22.8. The summed E-state index contributed by atoms with van der Waals surface area (Å²) in [5.74, 6) is 1.00. The minimum atomic E-state index is -0.589. The average molecular weight is 398 g/mol. The Morgan fingerprint density at radius 1 is 1.24 bits per heavy atom. The lowest BCUT2D eigenvalue weighted by atomic mass is 9.97. The Bertz CT molecular complexity index is 945. The number of ketones is 1. The molecule has 0 N–H and O–H groups in total. The lowest BCUT2D eigenvalue weighted by molar-refractivity contribution is 0.0454. The zero-order valence-corrected chi connectivity index (χ0v) is 17.5. The van der Waals surface area contributed by atoms with Gasteiger partial charge in [-0.15, -0.1) is 0 Å². The highest BCUT2D eigenvalue weighted by atomic mass is 16.6. The molecule has 0 saturated heterocycles. The molecule has 2 aromatic rings. The molecule has 0 unspecified atom stereocenters. The molecule has 29 heavy (non-hydrogen) atoms. The van der Waals surface area contributed by atoms with Gasteiger partial charge in [0.05, 0.1) is 19.3 Å². The van der Waals surface area contributed by atoms with Gasteiger partial charge >= 0.3 is 5.97 Å². The van der Waals surface area contributed by atoms with Gasteiger partial charge in [-0.2, -0.15) is 0 Å². The number of fused-ring (bicyclic) bond motifs is 2. The molecule has 2 aromatic carbocycles. The number of ether oxygens (including phenoxy) is 4. The number of hydrogen-bond donors (Lipinski definition) is 0. The smallest absolute Gasteiger partial charge is 0.346 e. The van der Waals surface area contributed by atoms with Crippen LogP contribution in [0.5, 0.6) is 23.0 Å². The van der Waals surface area contributed by atoms with Crippen molar-refractivity contribution in [1.82, 2.24) is 0 Å². The van der Waals surface area contributed by atoms with Gasteiger partial charge in [-0.1, -0.05) is 13.8 Å². The third-order valence-corrected chi connectivity index (χ3v) is 4.57. The summed E-state index contributed by atoms with van der Waals surface area (Å²) in [5, 5.41) is 0. The van der Waals surface area contributed by atoms with Crippen LogP contribution in [-0.2, 0) is 11.3 Å². The molecule has 0 fully saturated rings. The summed E-state index contributed by atoms with van der Waals surface area (Å²) in [6.07, 6.45) is 0.352. The second kappa shape index (κ2) is 8.55. The van der Waals surface area contributed by atoms with Crippen molar-refractivity contribution in [2.75, 3.05) is 13.7 Å². The lowest BCUT2D eigenvalue weighted by Gasteiger charge is -2.23. The number of methoxy groups -OCH3 is 1. The quantitative estimate of drug-likeness (QED) is 0.498. The van der Waals surface area contributed by atoms with Crippen molar-refractivity contribution in [2.45, 2.75) is 40.7 Å². The van der Waals surface area contributed by atoms with Crippen LogP contribution in [0.4, 0.5) is 0 Å². The van der Waals surface area contributed by atoms with Crippen molar-refractivity contribution in [3.63, 3.8) is 0 Å². The minimum Gasteiger partial charge on any atom is -0.493 e. The Hall–Kier alpha value is -3.02. The van der Waals surface area contributed by atoms with Gasteiger partial charge in [0.2, 0.25) is 0 Å². The lowest BCUT2D eigenvalue weighted by Crippen LogP contribution is -2.16. The van der Waals surface area contributed by atoms with Crippen molar-refractivity contribution < 1.29 is 28.5 Å². The normalized spacial score (nSPS) is 12.8. The number of aryl methyl sites for hydroxylation is 1. The van der Waals surface area contributed by atoms with Gasteiger partial charge in [-0.25, -0.2) is 4.79 Å². The fourth-order valence-electron chi connectivity index (χ4n) is 3.35. The number of hydrogen-bond acceptors (Lipinski definition) is 6. The summed E-state index contributed by atoms with van der Waals surface area (Å²) in [7, 11) is 1.56. The zero-order valence-electron chi connectivity index (χ0n) is 17.5. The molecule has 0 saturated carbocycles. The molecule has 1 aliphatic rings. The van der Waals surface area contributed by atoms with E-state index in [9.17, 15) is 9.59 Å². The van der Waals surface area contributed by atoms with Crippen LogP contribution in [0.1, 0.15) is 59.0 Å². The van der Waals surface area contributed by atoms with Crippen LogP contribution in [-0.4, -0.2) is 25.5 Å². The molecule has 6 heteroatoms. The number of carbonyl (C=O) groups excluding carboxylic acids is 2. The molecule has 6 nitrogen and oxygen atoms in total. The Labute approximate surface area is 170 Å². The SMILES string of the molecule is CCOc1c(C(=O)CC(C)C)ccc2c1C(=O)OCc1cc(C)cc(OC)c1O2. The van der Waals surface area contributed by atoms with Crippen LogP contribution >= 0.6 is 0 Å². The second-order valence-electron chi connectivity index (χ2n) is 7.40. The first-order chi connectivity index (χ1) is 13.8. The van der Waals surface area contributed by atoms with Crippen molar-refractivity contribution in [3.8, 4) is 23.0 Å². The van der Waals surface area contributed by atoms with Gasteiger partial charge in [0, 0.05) is 12.0 Å². The summed E-state index contributed by atoms with van der Waals surface area (Å²) >= 11 is 0. The van der Waals surface area contributed by atoms with Crippen LogP contribution in [0.3, 0.4) is 0 Å². The Morgan fingerprint density at radius 3 is 2.66 bits per heavy atom. The molecule has 1 heterocycles. The van der Waals surface area contributed by atoms with Crippen LogP contribution in [0.15, 0.2) is 24.3 Å². The van der Waals surface area contributed by atoms with E-state index in [0.29, 0.717) is 35.7 Å². The monoisotopic (exact) mass is 398 g/mol. The Balaban J connectivity index is 2.17. The highest BCUT2D eigenvalue weighted by Gasteiger charge is 2.30. The molecule has 0 amide bonds. The standard InChI is InChI=1S/C23H26O6/c1-6-27-22-16(17(24)9-13(2)3)7-8-18-20(22)23(25)28-12-15-10-14(4)11-19(26-5)21(15)29-18/h7-8,10-11,13H,6,9,12H2,1-5H3. The number of cyclic esters (lactones) is 1. The summed E-state index contributed by atoms with van der Waals surface area (Å²) in [6, 6.07) is 7.00. The first-order valence-electron chi connectivity index (χ1n) is 9.71. The number of Topliss-reactive ketones (excluding diaryl/α,β-unsaturated/α-hetero) is 1. The van der Waals surface area contributed by atoms with Gasteiger partial charge < -0.3 is 18.9 Å². The molecule has 1 aliphatic heterocycles. The van der Waals surface area contributed by atoms with Gasteiger partial charge in [0.15, 0.2) is 17.3 Å². The highest BCUT2D eigenvalue weighted by Crippen LogP contribution is 2.43. The molecular weight excluding hydrogens is 372 g/mol. The maximum absolute atomic E-state index is 12.9. The summed E-state index contributed by atoms with van der Waals surface area (Å²) in [5.41, 5.74) is 2.15. The van der Waals surface area contributed by atoms with E-state index in [1.165, 1.54) is 0 Å². The van der Waals surface area contributed by atoms with Crippen molar-refractivity contribution in [3.05, 3.63) is 46.5 Å². The van der Waals surface area contributed by atoms with Crippen molar-refractivity contribution >= 4 is 11.8 Å². The van der Waals surface area contributed by atoms with E-state index in [1.54, 1.807) is 26.2 Å². The average Bonchev–Trinajstić information content (AvgIpc) is 2.66. The zero-order chi connectivity index (χ0) is 21.1. The topological polar surface area (TPSA) is 71.1 Å². The van der Waals surface area contributed by atoms with Crippen molar-refractivity contribution in [1.29, 1.82) is 0 Å². The molecule has 0 aromatic heterocycles. The number of benzene rings is 2. The van der Waals surface area contributed by atoms with E-state index in [0.717, 1.165) is 5.56 Å². The minimum absolute atomic E-state index is 0.0291. The summed E-state index contributed by atoms with van der Waals surface area (Å²) in [6.45, 7) is 7.98. The number of carbonyl (C=O) groups is 2. The van der Waals surface area contributed by atoms with Gasteiger partial charge in [0.1, 0.15) is 23.7 Å². The molecule has 0 aliphatic carbocycles. The van der Waals surface area contributed by atoms with Gasteiger partial charge in [0.25, 0.3) is 0 Å². The molecular formula is C23H26O6. The summed E-state index contributed by atoms with van der Waals surface area (Å²) in [4.78, 5) is 25.6. The Morgan fingerprint density at radius 2 is 2.00 bits per heavy atom. The van der Waals surface area contributed by atoms with Gasteiger partial charge in [-0.3, -0.25) is 4.79 Å².